The first kappa shape index (κ1) is 27.6. The lowest BCUT2D eigenvalue weighted by Crippen LogP contribution is -1.97. The Morgan fingerprint density at radius 3 is 2.08 bits per heavy atom. The number of para-hydroxylation sites is 1. The molecule has 1 aliphatic rings. The van der Waals surface area contributed by atoms with Crippen molar-refractivity contribution in [2.45, 2.75) is 6.92 Å². The lowest BCUT2D eigenvalue weighted by molar-refractivity contribution is 0.483. The van der Waals surface area contributed by atoms with Crippen molar-refractivity contribution in [1.29, 1.82) is 0 Å². The summed E-state index contributed by atoms with van der Waals surface area (Å²) in [7, 11) is 0. The standard InChI is InChI=1S/C45H29N3O/c1-28-21-22-46-44(23-28)48-42-18-5-4-15-35(42)36-20-19-32(25-43(36)48)49-31-12-6-11-30(24-31)41-26-39-38-17-8-10-29-9-7-16-37(45(29)38)33-13-2-3-14-34(33)40(39)27-47-41/h2-27H,1H3. The molecule has 49 heavy (non-hydrogen) atoms. The topological polar surface area (TPSA) is 39.9 Å². The first-order valence-corrected chi connectivity index (χ1v) is 16.6. The molecular formula is C45H29N3O. The number of ether oxygens (including phenoxy) is 1. The first-order valence-electron chi connectivity index (χ1n) is 16.6. The molecule has 0 saturated carbocycles. The number of hydrogen-bond donors (Lipinski definition) is 0. The maximum atomic E-state index is 6.57. The van der Waals surface area contributed by atoms with Crippen LogP contribution in [-0.2, 0) is 0 Å². The maximum absolute atomic E-state index is 6.57. The summed E-state index contributed by atoms with van der Waals surface area (Å²) >= 11 is 0. The molecule has 230 valence electrons. The number of aromatic nitrogens is 3. The van der Waals surface area contributed by atoms with Crippen LogP contribution in [0.15, 0.2) is 158 Å². The Kier molecular flexibility index (Phi) is 6.06. The zero-order chi connectivity index (χ0) is 32.5. The highest BCUT2D eigenvalue weighted by Crippen LogP contribution is 2.48. The molecule has 0 saturated heterocycles. The van der Waals surface area contributed by atoms with Gasteiger partial charge in [-0.15, -0.1) is 0 Å². The van der Waals surface area contributed by atoms with Crippen LogP contribution < -0.4 is 4.74 Å². The van der Waals surface area contributed by atoms with E-state index in [9.17, 15) is 0 Å². The van der Waals surface area contributed by atoms with Crippen molar-refractivity contribution in [2.24, 2.45) is 0 Å². The average Bonchev–Trinajstić information content (AvgIpc) is 3.42. The summed E-state index contributed by atoms with van der Waals surface area (Å²) in [6.07, 6.45) is 3.90. The largest absolute Gasteiger partial charge is 0.457 e. The van der Waals surface area contributed by atoms with E-state index in [-0.39, 0.29) is 0 Å². The van der Waals surface area contributed by atoms with Gasteiger partial charge in [0.05, 0.1) is 16.7 Å². The van der Waals surface area contributed by atoms with Crippen molar-refractivity contribution in [2.75, 3.05) is 0 Å². The molecule has 3 heterocycles. The summed E-state index contributed by atoms with van der Waals surface area (Å²) in [5.41, 5.74) is 12.5. The van der Waals surface area contributed by atoms with Gasteiger partial charge < -0.3 is 4.74 Å². The van der Waals surface area contributed by atoms with E-state index < -0.39 is 0 Å². The van der Waals surface area contributed by atoms with Crippen molar-refractivity contribution >= 4 is 32.6 Å². The second-order valence-electron chi connectivity index (χ2n) is 12.7. The number of benzene rings is 6. The third-order valence-corrected chi connectivity index (χ3v) is 9.75. The fourth-order valence-corrected chi connectivity index (χ4v) is 7.55. The third-order valence-electron chi connectivity index (χ3n) is 9.75. The molecule has 0 N–H and O–H groups in total. The molecule has 0 fully saturated rings. The molecule has 0 atom stereocenters. The summed E-state index contributed by atoms with van der Waals surface area (Å²) < 4.78 is 8.79. The predicted molar refractivity (Wildman–Crippen MR) is 200 cm³/mol. The van der Waals surface area contributed by atoms with Crippen molar-refractivity contribution in [1.82, 2.24) is 14.5 Å². The minimum atomic E-state index is 0.753. The van der Waals surface area contributed by atoms with Crippen LogP contribution in [-0.4, -0.2) is 14.5 Å². The fourth-order valence-electron chi connectivity index (χ4n) is 7.55. The lowest BCUT2D eigenvalue weighted by atomic mass is 9.93. The molecule has 0 aliphatic heterocycles. The second-order valence-corrected chi connectivity index (χ2v) is 12.7. The van der Waals surface area contributed by atoms with Gasteiger partial charge >= 0.3 is 0 Å². The van der Waals surface area contributed by atoms with Gasteiger partial charge in [0.15, 0.2) is 0 Å². The van der Waals surface area contributed by atoms with Gasteiger partial charge in [-0.25, -0.2) is 4.98 Å². The van der Waals surface area contributed by atoms with E-state index in [1.165, 1.54) is 44.0 Å². The van der Waals surface area contributed by atoms with Crippen LogP contribution in [0.4, 0.5) is 0 Å². The van der Waals surface area contributed by atoms with Crippen molar-refractivity contribution in [3.05, 3.63) is 164 Å². The number of fused-ring (bicyclic) bond motifs is 8. The molecule has 0 radical (unpaired) electrons. The van der Waals surface area contributed by atoms with Gasteiger partial charge in [0.1, 0.15) is 17.3 Å². The van der Waals surface area contributed by atoms with E-state index >= 15 is 0 Å². The molecule has 6 aromatic carbocycles. The van der Waals surface area contributed by atoms with Crippen LogP contribution in [0, 0.1) is 6.92 Å². The molecule has 0 amide bonds. The van der Waals surface area contributed by atoms with Gasteiger partial charge in [-0.05, 0) is 99.6 Å². The third kappa shape index (κ3) is 4.38. The van der Waals surface area contributed by atoms with Gasteiger partial charge in [0, 0.05) is 40.4 Å². The maximum Gasteiger partial charge on any atom is 0.137 e. The molecule has 0 bridgehead atoms. The molecule has 0 spiro atoms. The summed E-state index contributed by atoms with van der Waals surface area (Å²) in [4.78, 5) is 9.76. The van der Waals surface area contributed by atoms with Gasteiger partial charge in [-0.3, -0.25) is 9.55 Å². The molecular weight excluding hydrogens is 599 g/mol. The van der Waals surface area contributed by atoms with Crippen LogP contribution in [0.5, 0.6) is 11.5 Å². The normalized spacial score (nSPS) is 11.8. The first-order chi connectivity index (χ1) is 24.2. The van der Waals surface area contributed by atoms with E-state index in [2.05, 4.69) is 133 Å². The molecule has 1 aliphatic carbocycles. The van der Waals surface area contributed by atoms with E-state index in [0.717, 1.165) is 56.1 Å². The highest BCUT2D eigenvalue weighted by Gasteiger charge is 2.22. The highest BCUT2D eigenvalue weighted by molar-refractivity contribution is 6.13. The molecule has 10 rings (SSSR count). The Bertz CT molecular complexity index is 2770. The number of pyridine rings is 2. The van der Waals surface area contributed by atoms with Gasteiger partial charge in [-0.1, -0.05) is 91.0 Å². The smallest absolute Gasteiger partial charge is 0.137 e. The number of nitrogens with zero attached hydrogens (tertiary/aromatic N) is 3. The Morgan fingerprint density at radius 1 is 0.510 bits per heavy atom. The van der Waals surface area contributed by atoms with Crippen LogP contribution >= 0.6 is 0 Å². The molecule has 3 aromatic heterocycles. The second kappa shape index (κ2) is 10.8. The van der Waals surface area contributed by atoms with Crippen LogP contribution in [0.3, 0.4) is 0 Å². The van der Waals surface area contributed by atoms with Gasteiger partial charge in [0.2, 0.25) is 0 Å². The Labute approximate surface area is 283 Å². The molecule has 9 aromatic rings. The van der Waals surface area contributed by atoms with Crippen LogP contribution in [0.1, 0.15) is 5.56 Å². The Morgan fingerprint density at radius 2 is 1.22 bits per heavy atom. The zero-order valence-electron chi connectivity index (χ0n) is 26.8. The van der Waals surface area contributed by atoms with Crippen LogP contribution in [0.25, 0.3) is 83.0 Å². The minimum Gasteiger partial charge on any atom is -0.457 e. The van der Waals surface area contributed by atoms with Crippen molar-refractivity contribution < 1.29 is 4.74 Å². The number of hydrogen-bond acceptors (Lipinski definition) is 3. The van der Waals surface area contributed by atoms with E-state index in [1.54, 1.807) is 0 Å². The average molecular weight is 628 g/mol. The van der Waals surface area contributed by atoms with Crippen molar-refractivity contribution in [3.63, 3.8) is 0 Å². The summed E-state index contributed by atoms with van der Waals surface area (Å²) in [5, 5.41) is 4.86. The Hall–Kier alpha value is -6.52. The van der Waals surface area contributed by atoms with E-state index in [0.29, 0.717) is 0 Å². The summed E-state index contributed by atoms with van der Waals surface area (Å²) in [6.45, 7) is 2.09. The Balaban J connectivity index is 1.07. The molecule has 0 unspecified atom stereocenters. The predicted octanol–water partition coefficient (Wildman–Crippen LogP) is 11.8. The van der Waals surface area contributed by atoms with Gasteiger partial charge in [0.25, 0.3) is 0 Å². The number of rotatable bonds is 4. The zero-order valence-corrected chi connectivity index (χ0v) is 26.8. The lowest BCUT2D eigenvalue weighted by Gasteiger charge is -2.13. The monoisotopic (exact) mass is 627 g/mol. The minimum absolute atomic E-state index is 0.753. The van der Waals surface area contributed by atoms with E-state index in [4.69, 9.17) is 14.7 Å². The SMILES string of the molecule is Cc1ccnc(-n2c3ccccc3c3ccc(Oc4cccc(-c5cc6c(cn5)-c5ccccc5-c5cccc7cccc-6c57)c4)cc32)c1. The van der Waals surface area contributed by atoms with Crippen LogP contribution in [0.2, 0.25) is 0 Å². The molecule has 4 heteroatoms. The highest BCUT2D eigenvalue weighted by atomic mass is 16.5. The summed E-state index contributed by atoms with van der Waals surface area (Å²) in [5.74, 6) is 2.40. The van der Waals surface area contributed by atoms with Gasteiger partial charge in [-0.2, -0.15) is 0 Å². The molecule has 4 nitrogen and oxygen atoms in total. The van der Waals surface area contributed by atoms with Crippen molar-refractivity contribution in [3.8, 4) is 62.0 Å². The number of aryl methyl sites for hydroxylation is 1. The fraction of sp³-hybridized carbons (Fsp3) is 0.0222. The quantitative estimate of drug-likeness (QED) is 0.195. The summed E-state index contributed by atoms with van der Waals surface area (Å²) in [6, 6.07) is 51.2. The van der Waals surface area contributed by atoms with E-state index in [1.807, 2.05) is 36.7 Å².